The molecule has 1 aromatic carbocycles. The Kier molecular flexibility index (Phi) is 4.73. The fourth-order valence-electron chi connectivity index (χ4n) is 2.27. The second-order valence-corrected chi connectivity index (χ2v) is 5.54. The maximum Gasteiger partial charge on any atom is 0.244 e. The Labute approximate surface area is 125 Å². The summed E-state index contributed by atoms with van der Waals surface area (Å²) in [7, 11) is 0. The van der Waals surface area contributed by atoms with Crippen LogP contribution >= 0.6 is 0 Å². The SMILES string of the molecule is CCOc1ccc(OCC)c(NC(=O)C(C)(N)C2CC2)c1. The molecule has 1 aliphatic carbocycles. The molecule has 0 aromatic heterocycles. The number of carbonyl (C=O) groups excluding carboxylic acids is 1. The van der Waals surface area contributed by atoms with E-state index < -0.39 is 5.54 Å². The van der Waals surface area contributed by atoms with Gasteiger partial charge >= 0.3 is 0 Å². The van der Waals surface area contributed by atoms with Crippen molar-refractivity contribution < 1.29 is 14.3 Å². The smallest absolute Gasteiger partial charge is 0.244 e. The molecule has 1 fully saturated rings. The predicted octanol–water partition coefficient (Wildman–Crippen LogP) is 2.55. The zero-order chi connectivity index (χ0) is 15.5. The second-order valence-electron chi connectivity index (χ2n) is 5.54. The normalized spacial score (nSPS) is 17.0. The highest BCUT2D eigenvalue weighted by Gasteiger charge is 2.44. The van der Waals surface area contributed by atoms with Crippen molar-refractivity contribution in [2.75, 3.05) is 18.5 Å². The van der Waals surface area contributed by atoms with Crippen LogP contribution in [0.4, 0.5) is 5.69 Å². The molecule has 0 spiro atoms. The second kappa shape index (κ2) is 6.35. The number of anilines is 1. The molecule has 5 nitrogen and oxygen atoms in total. The molecule has 1 aromatic rings. The summed E-state index contributed by atoms with van der Waals surface area (Å²) in [6.45, 7) is 6.70. The monoisotopic (exact) mass is 292 g/mol. The van der Waals surface area contributed by atoms with Crippen LogP contribution in [0.25, 0.3) is 0 Å². The molecule has 0 saturated heterocycles. The third kappa shape index (κ3) is 3.67. The van der Waals surface area contributed by atoms with Crippen molar-refractivity contribution in [3.05, 3.63) is 18.2 Å². The predicted molar refractivity (Wildman–Crippen MR) is 82.7 cm³/mol. The van der Waals surface area contributed by atoms with Crippen molar-refractivity contribution in [2.45, 2.75) is 39.2 Å². The molecule has 0 bridgehead atoms. The average molecular weight is 292 g/mol. The molecule has 1 aliphatic rings. The molecule has 3 N–H and O–H groups in total. The molecule has 0 radical (unpaired) electrons. The summed E-state index contributed by atoms with van der Waals surface area (Å²) in [5.41, 5.74) is 5.91. The van der Waals surface area contributed by atoms with Gasteiger partial charge in [0.1, 0.15) is 11.5 Å². The van der Waals surface area contributed by atoms with E-state index >= 15 is 0 Å². The van der Waals surface area contributed by atoms with Crippen LogP contribution in [0.2, 0.25) is 0 Å². The Hall–Kier alpha value is -1.75. The number of rotatable bonds is 7. The number of amides is 1. The molecule has 1 atom stereocenters. The van der Waals surface area contributed by atoms with Crippen LogP contribution < -0.4 is 20.5 Å². The van der Waals surface area contributed by atoms with Crippen molar-refractivity contribution in [1.29, 1.82) is 0 Å². The molecule has 2 rings (SSSR count). The van der Waals surface area contributed by atoms with Gasteiger partial charge in [0.15, 0.2) is 0 Å². The summed E-state index contributed by atoms with van der Waals surface area (Å²) in [6.07, 6.45) is 2.02. The lowest BCUT2D eigenvalue weighted by atomic mass is 9.96. The van der Waals surface area contributed by atoms with Gasteiger partial charge in [-0.2, -0.15) is 0 Å². The molecule has 1 saturated carbocycles. The summed E-state index contributed by atoms with van der Waals surface area (Å²) >= 11 is 0. The van der Waals surface area contributed by atoms with E-state index in [1.54, 1.807) is 19.1 Å². The Balaban J connectivity index is 2.19. The van der Waals surface area contributed by atoms with Crippen LogP contribution in [-0.4, -0.2) is 24.7 Å². The van der Waals surface area contributed by atoms with Gasteiger partial charge < -0.3 is 20.5 Å². The van der Waals surface area contributed by atoms with Crippen molar-refractivity contribution in [3.8, 4) is 11.5 Å². The minimum atomic E-state index is -0.842. The van der Waals surface area contributed by atoms with E-state index in [2.05, 4.69) is 5.32 Å². The van der Waals surface area contributed by atoms with Gasteiger partial charge in [-0.1, -0.05) is 0 Å². The molecular formula is C16H24N2O3. The van der Waals surface area contributed by atoms with Gasteiger partial charge in [0.05, 0.1) is 24.4 Å². The standard InChI is InChI=1S/C16H24N2O3/c1-4-20-12-8-9-14(21-5-2)13(10-12)18-15(19)16(3,17)11-6-7-11/h8-11H,4-7,17H2,1-3H3,(H,18,19). The molecular weight excluding hydrogens is 268 g/mol. The third-order valence-electron chi connectivity index (χ3n) is 3.72. The molecule has 1 amide bonds. The first-order valence-electron chi connectivity index (χ1n) is 7.49. The van der Waals surface area contributed by atoms with E-state index in [1.807, 2.05) is 19.9 Å². The van der Waals surface area contributed by atoms with Gasteiger partial charge in [-0.15, -0.1) is 0 Å². The number of carbonyl (C=O) groups is 1. The number of benzene rings is 1. The van der Waals surface area contributed by atoms with Crippen LogP contribution in [0, 0.1) is 5.92 Å². The third-order valence-corrected chi connectivity index (χ3v) is 3.72. The number of nitrogens with one attached hydrogen (secondary N) is 1. The molecule has 0 heterocycles. The summed E-state index contributed by atoms with van der Waals surface area (Å²) in [6, 6.07) is 5.40. The first kappa shape index (κ1) is 15.6. The lowest BCUT2D eigenvalue weighted by Gasteiger charge is -2.24. The summed E-state index contributed by atoms with van der Waals surface area (Å²) in [5.74, 6) is 1.41. The van der Waals surface area contributed by atoms with Gasteiger partial charge in [-0.25, -0.2) is 0 Å². The van der Waals surface area contributed by atoms with Gasteiger partial charge in [-0.05, 0) is 51.7 Å². The van der Waals surface area contributed by atoms with Crippen molar-refractivity contribution in [2.24, 2.45) is 11.7 Å². The Bertz CT molecular complexity index is 510. The fourth-order valence-corrected chi connectivity index (χ4v) is 2.27. The minimum absolute atomic E-state index is 0.181. The lowest BCUT2D eigenvalue weighted by Crippen LogP contribution is -2.50. The maximum absolute atomic E-state index is 12.4. The van der Waals surface area contributed by atoms with Gasteiger partial charge in [0.2, 0.25) is 5.91 Å². The quantitative estimate of drug-likeness (QED) is 0.810. The fraction of sp³-hybridized carbons (Fsp3) is 0.562. The van der Waals surface area contributed by atoms with Gasteiger partial charge in [0.25, 0.3) is 0 Å². The molecule has 1 unspecified atom stereocenters. The first-order chi connectivity index (χ1) is 9.98. The largest absolute Gasteiger partial charge is 0.494 e. The van der Waals surface area contributed by atoms with Crippen molar-refractivity contribution in [3.63, 3.8) is 0 Å². The highest BCUT2D eigenvalue weighted by Crippen LogP contribution is 2.39. The van der Waals surface area contributed by atoms with Gasteiger partial charge in [-0.3, -0.25) is 4.79 Å². The van der Waals surface area contributed by atoms with Crippen molar-refractivity contribution >= 4 is 11.6 Å². The summed E-state index contributed by atoms with van der Waals surface area (Å²) in [4.78, 5) is 12.4. The first-order valence-corrected chi connectivity index (χ1v) is 7.49. The van der Waals surface area contributed by atoms with E-state index in [0.29, 0.717) is 30.4 Å². The highest BCUT2D eigenvalue weighted by molar-refractivity contribution is 5.99. The highest BCUT2D eigenvalue weighted by atomic mass is 16.5. The van der Waals surface area contributed by atoms with Crippen LogP contribution in [0.3, 0.4) is 0 Å². The van der Waals surface area contributed by atoms with E-state index in [-0.39, 0.29) is 11.8 Å². The van der Waals surface area contributed by atoms with E-state index in [4.69, 9.17) is 15.2 Å². The molecule has 5 heteroatoms. The Morgan fingerprint density at radius 3 is 2.57 bits per heavy atom. The molecule has 0 aliphatic heterocycles. The van der Waals surface area contributed by atoms with Crippen molar-refractivity contribution in [1.82, 2.24) is 0 Å². The average Bonchev–Trinajstić information content (AvgIpc) is 3.27. The minimum Gasteiger partial charge on any atom is -0.494 e. The van der Waals surface area contributed by atoms with Crippen LogP contribution in [0.15, 0.2) is 18.2 Å². The zero-order valence-corrected chi connectivity index (χ0v) is 12.9. The van der Waals surface area contributed by atoms with E-state index in [9.17, 15) is 4.79 Å². The number of hydrogen-bond acceptors (Lipinski definition) is 4. The summed E-state index contributed by atoms with van der Waals surface area (Å²) in [5, 5.41) is 2.89. The van der Waals surface area contributed by atoms with Gasteiger partial charge in [0, 0.05) is 6.07 Å². The Morgan fingerprint density at radius 1 is 1.33 bits per heavy atom. The Morgan fingerprint density at radius 2 is 2.00 bits per heavy atom. The zero-order valence-electron chi connectivity index (χ0n) is 12.9. The number of ether oxygens (including phenoxy) is 2. The lowest BCUT2D eigenvalue weighted by molar-refractivity contribution is -0.121. The van der Waals surface area contributed by atoms with E-state index in [1.165, 1.54) is 0 Å². The number of nitrogens with two attached hydrogens (primary N) is 1. The summed E-state index contributed by atoms with van der Waals surface area (Å²) < 4.78 is 11.0. The van der Waals surface area contributed by atoms with Crippen LogP contribution in [-0.2, 0) is 4.79 Å². The molecule has 21 heavy (non-hydrogen) atoms. The van der Waals surface area contributed by atoms with Crippen LogP contribution in [0.1, 0.15) is 33.6 Å². The molecule has 116 valence electrons. The van der Waals surface area contributed by atoms with Crippen LogP contribution in [0.5, 0.6) is 11.5 Å². The maximum atomic E-state index is 12.4. The topological polar surface area (TPSA) is 73.6 Å². The number of hydrogen-bond donors (Lipinski definition) is 2. The van der Waals surface area contributed by atoms with E-state index in [0.717, 1.165) is 12.8 Å².